The van der Waals surface area contributed by atoms with Gasteiger partial charge in [0.15, 0.2) is 0 Å². The Morgan fingerprint density at radius 3 is 1.27 bits per heavy atom. The van der Waals surface area contributed by atoms with Gasteiger partial charge in [-0.15, -0.1) is 0 Å². The zero-order valence-corrected chi connectivity index (χ0v) is 17.8. The van der Waals surface area contributed by atoms with Crippen molar-refractivity contribution < 1.29 is 19.8 Å². The quantitative estimate of drug-likeness (QED) is 0.361. The SMILES string of the molecule is O=C(O)CCCCc1ccc(CCCCCCCc2ccc(CC(=O)O)cc2)cc1. The molecule has 0 saturated heterocycles. The van der Waals surface area contributed by atoms with Crippen LogP contribution < -0.4 is 0 Å². The number of aliphatic carboxylic acids is 2. The Bertz CT molecular complexity index is 763. The van der Waals surface area contributed by atoms with Crippen LogP contribution in [-0.4, -0.2) is 22.2 Å². The molecule has 0 bridgehead atoms. The van der Waals surface area contributed by atoms with Crippen molar-refractivity contribution in [3.8, 4) is 0 Å². The van der Waals surface area contributed by atoms with E-state index in [2.05, 4.69) is 24.3 Å². The van der Waals surface area contributed by atoms with Crippen LogP contribution in [-0.2, 0) is 35.3 Å². The van der Waals surface area contributed by atoms with E-state index in [4.69, 9.17) is 10.2 Å². The summed E-state index contributed by atoms with van der Waals surface area (Å²) in [7, 11) is 0. The predicted octanol–water partition coefficient (Wildman–Crippen LogP) is 5.85. The van der Waals surface area contributed by atoms with Gasteiger partial charge in [-0.3, -0.25) is 9.59 Å². The molecule has 2 aromatic carbocycles. The fourth-order valence-corrected chi connectivity index (χ4v) is 3.66. The third kappa shape index (κ3) is 10.2. The molecule has 30 heavy (non-hydrogen) atoms. The molecule has 162 valence electrons. The van der Waals surface area contributed by atoms with E-state index in [1.165, 1.54) is 48.8 Å². The largest absolute Gasteiger partial charge is 0.481 e. The first-order chi connectivity index (χ1) is 14.5. The lowest BCUT2D eigenvalue weighted by Crippen LogP contribution is -1.99. The van der Waals surface area contributed by atoms with Gasteiger partial charge in [-0.05, 0) is 67.2 Å². The molecule has 0 atom stereocenters. The predicted molar refractivity (Wildman–Crippen MR) is 120 cm³/mol. The average Bonchev–Trinajstić information content (AvgIpc) is 2.72. The molecule has 0 aromatic heterocycles. The van der Waals surface area contributed by atoms with Gasteiger partial charge in [-0.1, -0.05) is 67.8 Å². The van der Waals surface area contributed by atoms with E-state index in [0.717, 1.165) is 37.7 Å². The fourth-order valence-electron chi connectivity index (χ4n) is 3.66. The summed E-state index contributed by atoms with van der Waals surface area (Å²) >= 11 is 0. The number of benzene rings is 2. The Kier molecular flexibility index (Phi) is 10.7. The second kappa shape index (κ2) is 13.6. The van der Waals surface area contributed by atoms with E-state index in [1.54, 1.807) is 0 Å². The van der Waals surface area contributed by atoms with Crippen LogP contribution >= 0.6 is 0 Å². The lowest BCUT2D eigenvalue weighted by atomic mass is 10.0. The summed E-state index contributed by atoms with van der Waals surface area (Å²) < 4.78 is 0. The fraction of sp³-hybridized carbons (Fsp3) is 0.462. The summed E-state index contributed by atoms with van der Waals surface area (Å²) in [6, 6.07) is 16.7. The third-order valence-corrected chi connectivity index (χ3v) is 5.44. The molecule has 0 fully saturated rings. The van der Waals surface area contributed by atoms with E-state index in [0.29, 0.717) is 0 Å². The van der Waals surface area contributed by atoms with Crippen molar-refractivity contribution in [2.45, 2.75) is 77.0 Å². The second-order valence-electron chi connectivity index (χ2n) is 8.07. The first kappa shape index (κ1) is 23.7. The van der Waals surface area contributed by atoms with Crippen LogP contribution in [0.15, 0.2) is 48.5 Å². The van der Waals surface area contributed by atoms with Crippen molar-refractivity contribution in [1.29, 1.82) is 0 Å². The van der Waals surface area contributed by atoms with Crippen molar-refractivity contribution in [3.05, 3.63) is 70.8 Å². The maximum atomic E-state index is 10.7. The molecule has 0 spiro atoms. The maximum Gasteiger partial charge on any atom is 0.307 e. The Labute approximate surface area is 180 Å². The number of hydrogen-bond donors (Lipinski definition) is 2. The first-order valence-electron chi connectivity index (χ1n) is 11.1. The van der Waals surface area contributed by atoms with Crippen LogP contribution in [0.2, 0.25) is 0 Å². The number of carboxylic acids is 2. The van der Waals surface area contributed by atoms with Gasteiger partial charge in [0.25, 0.3) is 0 Å². The minimum atomic E-state index is -0.785. The zero-order chi connectivity index (χ0) is 21.6. The summed E-state index contributed by atoms with van der Waals surface area (Å²) in [4.78, 5) is 21.2. The number of rotatable bonds is 15. The molecular formula is C26H34O4. The molecule has 0 aliphatic rings. The number of carbonyl (C=O) groups is 2. The Morgan fingerprint density at radius 2 is 0.867 bits per heavy atom. The van der Waals surface area contributed by atoms with E-state index in [9.17, 15) is 9.59 Å². The van der Waals surface area contributed by atoms with Gasteiger partial charge in [0.1, 0.15) is 0 Å². The molecule has 2 aromatic rings. The van der Waals surface area contributed by atoms with Gasteiger partial charge in [0, 0.05) is 6.42 Å². The minimum Gasteiger partial charge on any atom is -0.481 e. The van der Waals surface area contributed by atoms with Crippen molar-refractivity contribution in [2.75, 3.05) is 0 Å². The van der Waals surface area contributed by atoms with Crippen LogP contribution in [0.25, 0.3) is 0 Å². The average molecular weight is 411 g/mol. The molecule has 0 saturated carbocycles. The monoisotopic (exact) mass is 410 g/mol. The number of hydrogen-bond acceptors (Lipinski definition) is 2. The lowest BCUT2D eigenvalue weighted by molar-refractivity contribution is -0.137. The molecule has 2 rings (SSSR count). The Balaban J connectivity index is 1.52. The summed E-state index contributed by atoms with van der Waals surface area (Å²) in [5, 5.41) is 17.5. The van der Waals surface area contributed by atoms with E-state index in [1.807, 2.05) is 24.3 Å². The van der Waals surface area contributed by atoms with Gasteiger partial charge < -0.3 is 10.2 Å². The summed E-state index contributed by atoms with van der Waals surface area (Å²) in [6.45, 7) is 0. The van der Waals surface area contributed by atoms with Gasteiger partial charge in [-0.2, -0.15) is 0 Å². The highest BCUT2D eigenvalue weighted by Gasteiger charge is 2.01. The van der Waals surface area contributed by atoms with E-state index in [-0.39, 0.29) is 12.8 Å². The van der Waals surface area contributed by atoms with E-state index < -0.39 is 11.9 Å². The Morgan fingerprint density at radius 1 is 0.500 bits per heavy atom. The van der Waals surface area contributed by atoms with Gasteiger partial charge in [0.2, 0.25) is 0 Å². The highest BCUT2D eigenvalue weighted by Crippen LogP contribution is 2.14. The zero-order valence-electron chi connectivity index (χ0n) is 17.8. The third-order valence-electron chi connectivity index (χ3n) is 5.44. The Hall–Kier alpha value is -2.62. The standard InChI is InChI=1S/C26H34O4/c27-25(28)11-7-6-10-23-14-12-21(13-15-23)8-4-2-1-3-5-9-22-16-18-24(19-17-22)20-26(29)30/h12-19H,1-11,20H2,(H,27,28)(H,29,30). The van der Waals surface area contributed by atoms with Gasteiger partial charge in [-0.25, -0.2) is 0 Å². The van der Waals surface area contributed by atoms with Crippen LogP contribution in [0.3, 0.4) is 0 Å². The van der Waals surface area contributed by atoms with Crippen molar-refractivity contribution >= 4 is 11.9 Å². The lowest BCUT2D eigenvalue weighted by Gasteiger charge is -2.06. The molecule has 0 radical (unpaired) electrons. The summed E-state index contributed by atoms with van der Waals surface area (Å²) in [5.74, 6) is -1.50. The number of aryl methyl sites for hydroxylation is 3. The molecule has 0 amide bonds. The van der Waals surface area contributed by atoms with Crippen molar-refractivity contribution in [3.63, 3.8) is 0 Å². The second-order valence-corrected chi connectivity index (χ2v) is 8.07. The van der Waals surface area contributed by atoms with Crippen LogP contribution in [0.1, 0.15) is 73.6 Å². The van der Waals surface area contributed by atoms with E-state index >= 15 is 0 Å². The maximum absolute atomic E-state index is 10.7. The molecule has 4 nitrogen and oxygen atoms in total. The van der Waals surface area contributed by atoms with Gasteiger partial charge in [0.05, 0.1) is 6.42 Å². The highest BCUT2D eigenvalue weighted by molar-refractivity contribution is 5.70. The topological polar surface area (TPSA) is 74.6 Å². The molecule has 0 unspecified atom stereocenters. The molecule has 2 N–H and O–H groups in total. The highest BCUT2D eigenvalue weighted by atomic mass is 16.4. The van der Waals surface area contributed by atoms with Crippen molar-refractivity contribution in [1.82, 2.24) is 0 Å². The molecule has 0 aliphatic carbocycles. The summed E-state index contributed by atoms with van der Waals surface area (Å²) in [5.41, 5.74) is 4.82. The molecular weight excluding hydrogens is 376 g/mol. The molecule has 0 aliphatic heterocycles. The molecule has 0 heterocycles. The minimum absolute atomic E-state index is 0.0931. The smallest absolute Gasteiger partial charge is 0.307 e. The van der Waals surface area contributed by atoms with Crippen molar-refractivity contribution in [2.24, 2.45) is 0 Å². The van der Waals surface area contributed by atoms with Crippen LogP contribution in [0.4, 0.5) is 0 Å². The first-order valence-corrected chi connectivity index (χ1v) is 11.1. The summed E-state index contributed by atoms with van der Waals surface area (Å²) in [6.07, 6.45) is 11.3. The van der Waals surface area contributed by atoms with Crippen LogP contribution in [0, 0.1) is 0 Å². The van der Waals surface area contributed by atoms with Crippen LogP contribution in [0.5, 0.6) is 0 Å². The normalized spacial score (nSPS) is 10.8. The molecule has 4 heteroatoms. The van der Waals surface area contributed by atoms with Gasteiger partial charge >= 0.3 is 11.9 Å². The number of unbranched alkanes of at least 4 members (excludes halogenated alkanes) is 5. The number of carboxylic acid groups (broad SMARTS) is 2.